The van der Waals surface area contributed by atoms with Gasteiger partial charge in [-0.15, -0.1) is 0 Å². The average Bonchev–Trinajstić information content (AvgIpc) is 2.65. The first kappa shape index (κ1) is 22.6. The quantitative estimate of drug-likeness (QED) is 0.603. The van der Waals surface area contributed by atoms with Gasteiger partial charge in [0.15, 0.2) is 0 Å². The number of anilines is 2. The summed E-state index contributed by atoms with van der Waals surface area (Å²) in [6.07, 6.45) is -0.267. The molecule has 29 heavy (non-hydrogen) atoms. The summed E-state index contributed by atoms with van der Waals surface area (Å²) < 4.78 is 0. The number of halogens is 2. The summed E-state index contributed by atoms with van der Waals surface area (Å²) in [4.78, 5) is 49.5. The van der Waals surface area contributed by atoms with Crippen molar-refractivity contribution in [1.82, 2.24) is 0 Å². The predicted octanol–water partition coefficient (Wildman–Crippen LogP) is 4.37. The Bertz CT molecular complexity index is 870. The van der Waals surface area contributed by atoms with Crippen molar-refractivity contribution in [1.29, 1.82) is 0 Å². The minimum atomic E-state index is -1.20. The highest BCUT2D eigenvalue weighted by molar-refractivity contribution is 6.34. The fraction of sp³-hybridized carbons (Fsp3) is 0.238. The first-order valence-electron chi connectivity index (χ1n) is 8.82. The molecule has 0 heterocycles. The van der Waals surface area contributed by atoms with Crippen molar-refractivity contribution in [3.05, 3.63) is 58.6 Å². The van der Waals surface area contributed by atoms with Crippen molar-refractivity contribution >= 4 is 58.0 Å². The van der Waals surface area contributed by atoms with Crippen LogP contribution in [0, 0.1) is 11.8 Å². The van der Waals surface area contributed by atoms with Crippen LogP contribution < -0.4 is 10.6 Å². The van der Waals surface area contributed by atoms with Gasteiger partial charge in [0.05, 0.1) is 33.3 Å². The normalized spacial score (nSPS) is 12.6. The maximum Gasteiger partial charge on any atom is 0.235 e. The van der Waals surface area contributed by atoms with Crippen molar-refractivity contribution in [2.75, 3.05) is 10.6 Å². The summed E-state index contributed by atoms with van der Waals surface area (Å²) >= 11 is 12.1. The van der Waals surface area contributed by atoms with Gasteiger partial charge in [-0.3, -0.25) is 19.2 Å². The molecule has 0 saturated carbocycles. The number of hydrogen-bond acceptors (Lipinski definition) is 4. The molecular weight excluding hydrogens is 415 g/mol. The molecule has 0 spiro atoms. The summed E-state index contributed by atoms with van der Waals surface area (Å²) in [6, 6.07) is 13.1. The van der Waals surface area contributed by atoms with Gasteiger partial charge in [-0.1, -0.05) is 47.5 Å². The highest BCUT2D eigenvalue weighted by Crippen LogP contribution is 2.25. The van der Waals surface area contributed by atoms with Crippen LogP contribution in [0.5, 0.6) is 0 Å². The van der Waals surface area contributed by atoms with E-state index in [0.29, 0.717) is 21.4 Å². The summed E-state index contributed by atoms with van der Waals surface area (Å²) in [5, 5.41) is 5.77. The van der Waals surface area contributed by atoms with E-state index in [1.54, 1.807) is 48.5 Å². The molecule has 2 amide bonds. The number of carbonyl (C=O) groups excluding carboxylic acids is 4. The zero-order valence-electron chi connectivity index (χ0n) is 15.9. The van der Waals surface area contributed by atoms with Gasteiger partial charge in [0.1, 0.15) is 11.6 Å². The zero-order chi connectivity index (χ0) is 21.6. The lowest BCUT2D eigenvalue weighted by atomic mass is 9.88. The third-order valence-corrected chi connectivity index (χ3v) is 5.01. The minimum Gasteiger partial charge on any atom is -0.324 e. The van der Waals surface area contributed by atoms with Crippen LogP contribution in [0.25, 0.3) is 0 Å². The van der Waals surface area contributed by atoms with E-state index in [1.807, 2.05) is 0 Å². The molecule has 152 valence electrons. The molecule has 0 fully saturated rings. The van der Waals surface area contributed by atoms with E-state index in [0.717, 1.165) is 0 Å². The van der Waals surface area contributed by atoms with Gasteiger partial charge in [-0.2, -0.15) is 0 Å². The lowest BCUT2D eigenvalue weighted by Gasteiger charge is -2.20. The molecule has 0 aromatic heterocycles. The van der Waals surface area contributed by atoms with Crippen LogP contribution in [-0.2, 0) is 19.2 Å². The van der Waals surface area contributed by atoms with Crippen LogP contribution in [0.3, 0.4) is 0 Å². The van der Waals surface area contributed by atoms with Crippen LogP contribution >= 0.6 is 23.2 Å². The van der Waals surface area contributed by atoms with Crippen LogP contribution in [-0.4, -0.2) is 23.4 Å². The SMILES string of the molecule is CC(=O)[C@@H](C[C@@H](C(C)=O)C(=O)Nc1ccccc1Cl)C(=O)Nc1ccccc1Cl. The number of nitrogens with one attached hydrogen (secondary N) is 2. The Balaban J connectivity index is 2.18. The second kappa shape index (κ2) is 10.2. The van der Waals surface area contributed by atoms with Crippen LogP contribution in [0.4, 0.5) is 11.4 Å². The first-order chi connectivity index (χ1) is 13.7. The molecule has 6 nitrogen and oxygen atoms in total. The molecule has 0 radical (unpaired) electrons. The molecule has 2 atom stereocenters. The van der Waals surface area contributed by atoms with E-state index < -0.39 is 35.2 Å². The fourth-order valence-electron chi connectivity index (χ4n) is 2.72. The van der Waals surface area contributed by atoms with Crippen LogP contribution in [0.1, 0.15) is 20.3 Å². The number of Topliss-reactive ketones (excluding diaryl/α,β-unsaturated/α-hetero) is 2. The smallest absolute Gasteiger partial charge is 0.235 e. The Morgan fingerprint density at radius 2 is 1.07 bits per heavy atom. The molecule has 2 rings (SSSR count). The third-order valence-electron chi connectivity index (χ3n) is 4.35. The van der Waals surface area contributed by atoms with Gasteiger partial charge in [0, 0.05) is 0 Å². The summed E-state index contributed by atoms with van der Waals surface area (Å²) in [7, 11) is 0. The molecule has 0 saturated heterocycles. The minimum absolute atomic E-state index is 0.267. The maximum absolute atomic E-state index is 12.6. The average molecular weight is 435 g/mol. The molecular formula is C21H20Cl2N2O4. The molecule has 8 heteroatoms. The number of rotatable bonds is 8. The van der Waals surface area contributed by atoms with Crippen molar-refractivity contribution in [2.45, 2.75) is 20.3 Å². The number of hydrogen-bond donors (Lipinski definition) is 2. The molecule has 2 aromatic rings. The topological polar surface area (TPSA) is 92.3 Å². The largest absolute Gasteiger partial charge is 0.324 e. The molecule has 2 aromatic carbocycles. The Hall–Kier alpha value is -2.70. The Labute approximate surface area is 178 Å². The molecule has 0 aliphatic rings. The monoisotopic (exact) mass is 434 g/mol. The summed E-state index contributed by atoms with van der Waals surface area (Å²) in [6.45, 7) is 2.47. The number of carbonyl (C=O) groups is 4. The van der Waals surface area contributed by atoms with Crippen LogP contribution in [0.2, 0.25) is 10.0 Å². The molecule has 0 bridgehead atoms. The highest BCUT2D eigenvalue weighted by Gasteiger charge is 2.33. The zero-order valence-corrected chi connectivity index (χ0v) is 17.4. The lowest BCUT2D eigenvalue weighted by Crippen LogP contribution is -2.36. The van der Waals surface area contributed by atoms with Gasteiger partial charge in [-0.05, 0) is 44.5 Å². The number of ketones is 2. The Morgan fingerprint density at radius 1 is 0.724 bits per heavy atom. The van der Waals surface area contributed by atoms with E-state index in [2.05, 4.69) is 10.6 Å². The maximum atomic E-state index is 12.6. The summed E-state index contributed by atoms with van der Waals surface area (Å²) in [5.74, 6) is -4.60. The molecule has 2 N–H and O–H groups in total. The number of benzene rings is 2. The van der Waals surface area contributed by atoms with E-state index in [9.17, 15) is 19.2 Å². The third kappa shape index (κ3) is 6.14. The van der Waals surface area contributed by atoms with E-state index in [4.69, 9.17) is 23.2 Å². The highest BCUT2D eigenvalue weighted by atomic mass is 35.5. The fourth-order valence-corrected chi connectivity index (χ4v) is 3.08. The molecule has 0 aliphatic heterocycles. The second-order valence-electron chi connectivity index (χ2n) is 6.50. The first-order valence-corrected chi connectivity index (χ1v) is 9.58. The van der Waals surface area contributed by atoms with Crippen LogP contribution in [0.15, 0.2) is 48.5 Å². The van der Waals surface area contributed by atoms with Crippen molar-refractivity contribution in [3.63, 3.8) is 0 Å². The lowest BCUT2D eigenvalue weighted by molar-refractivity contribution is -0.133. The van der Waals surface area contributed by atoms with E-state index >= 15 is 0 Å². The van der Waals surface area contributed by atoms with Crippen molar-refractivity contribution < 1.29 is 19.2 Å². The molecule has 0 unspecified atom stereocenters. The second-order valence-corrected chi connectivity index (χ2v) is 7.31. The number of para-hydroxylation sites is 2. The van der Waals surface area contributed by atoms with Gasteiger partial charge in [0.25, 0.3) is 0 Å². The van der Waals surface area contributed by atoms with Gasteiger partial charge in [0.2, 0.25) is 11.8 Å². The van der Waals surface area contributed by atoms with E-state index in [1.165, 1.54) is 13.8 Å². The Morgan fingerprint density at radius 3 is 1.38 bits per heavy atom. The standard InChI is InChI=1S/C21H20Cl2N2O4/c1-12(26)14(20(28)24-18-9-5-3-7-16(18)22)11-15(13(2)27)21(29)25-19-10-6-4-8-17(19)23/h3-10,14-15H,11H2,1-2H3,(H,24,28)(H,25,29)/t14-,15+. The van der Waals surface area contributed by atoms with Crippen molar-refractivity contribution in [3.8, 4) is 0 Å². The van der Waals surface area contributed by atoms with Gasteiger partial charge >= 0.3 is 0 Å². The van der Waals surface area contributed by atoms with Crippen molar-refractivity contribution in [2.24, 2.45) is 11.8 Å². The van der Waals surface area contributed by atoms with Gasteiger partial charge < -0.3 is 10.6 Å². The molecule has 0 aliphatic carbocycles. The van der Waals surface area contributed by atoms with E-state index in [-0.39, 0.29) is 6.42 Å². The predicted molar refractivity (Wildman–Crippen MR) is 113 cm³/mol. The number of amides is 2. The Kier molecular flexibility index (Phi) is 7.93. The summed E-state index contributed by atoms with van der Waals surface area (Å²) in [5.41, 5.74) is 0.677. The van der Waals surface area contributed by atoms with Gasteiger partial charge in [-0.25, -0.2) is 0 Å².